The number of hydrogen-bond donors (Lipinski definition) is 1. The molecule has 4 heterocycles. The van der Waals surface area contributed by atoms with E-state index in [1.165, 1.54) is 0 Å². The van der Waals surface area contributed by atoms with Gasteiger partial charge in [-0.3, -0.25) is 9.48 Å². The van der Waals surface area contributed by atoms with Gasteiger partial charge in [-0.1, -0.05) is 13.8 Å². The third-order valence-electron chi connectivity index (χ3n) is 5.51. The van der Waals surface area contributed by atoms with Crippen LogP contribution in [0.2, 0.25) is 0 Å². The lowest BCUT2D eigenvalue weighted by atomic mass is 9.94. The van der Waals surface area contributed by atoms with Gasteiger partial charge < -0.3 is 19.9 Å². The summed E-state index contributed by atoms with van der Waals surface area (Å²) in [6.45, 7) is 6.69. The molecule has 0 radical (unpaired) electrons. The second-order valence-corrected chi connectivity index (χ2v) is 8.05. The van der Waals surface area contributed by atoms with Crippen LogP contribution in [0.3, 0.4) is 0 Å². The van der Waals surface area contributed by atoms with Crippen molar-refractivity contribution in [2.24, 2.45) is 13.0 Å². The Morgan fingerprint density at radius 3 is 2.90 bits per heavy atom. The second kappa shape index (κ2) is 8.36. The van der Waals surface area contributed by atoms with Crippen molar-refractivity contribution in [3.63, 3.8) is 0 Å². The lowest BCUT2D eigenvalue weighted by Gasteiger charge is -2.36. The van der Waals surface area contributed by atoms with Gasteiger partial charge in [-0.25, -0.2) is 4.98 Å². The SMILES string of the molecule is CC(C)[C@@H]1OCCC[C@H]1Nc1ccnc(N2CCN(c3cnn(C)c3)C(=O)C2)n1. The van der Waals surface area contributed by atoms with Crippen molar-refractivity contribution in [1.82, 2.24) is 19.7 Å². The van der Waals surface area contributed by atoms with Crippen LogP contribution in [0.5, 0.6) is 0 Å². The van der Waals surface area contributed by atoms with Crippen LogP contribution in [0, 0.1) is 5.92 Å². The van der Waals surface area contributed by atoms with Gasteiger partial charge in [-0.05, 0) is 24.8 Å². The van der Waals surface area contributed by atoms with Crippen LogP contribution in [0.4, 0.5) is 17.5 Å². The number of carbonyl (C=O) groups excluding carboxylic acids is 1. The monoisotopic (exact) mass is 399 g/mol. The molecule has 2 aromatic heterocycles. The van der Waals surface area contributed by atoms with Gasteiger partial charge in [0.1, 0.15) is 12.4 Å². The predicted octanol–water partition coefficient (Wildman–Crippen LogP) is 1.68. The fourth-order valence-corrected chi connectivity index (χ4v) is 4.05. The Morgan fingerprint density at radius 1 is 1.31 bits per heavy atom. The molecule has 2 fully saturated rings. The van der Waals surface area contributed by atoms with Crippen molar-refractivity contribution >= 4 is 23.4 Å². The van der Waals surface area contributed by atoms with E-state index in [1.54, 1.807) is 22.0 Å². The zero-order valence-electron chi connectivity index (χ0n) is 17.3. The lowest BCUT2D eigenvalue weighted by Crippen LogP contribution is -2.51. The summed E-state index contributed by atoms with van der Waals surface area (Å²) in [6, 6.07) is 2.11. The molecule has 9 nitrogen and oxygen atoms in total. The van der Waals surface area contributed by atoms with Crippen molar-refractivity contribution in [3.05, 3.63) is 24.7 Å². The van der Waals surface area contributed by atoms with Crippen LogP contribution >= 0.6 is 0 Å². The molecule has 1 N–H and O–H groups in total. The number of hydrogen-bond acceptors (Lipinski definition) is 7. The molecule has 0 unspecified atom stereocenters. The smallest absolute Gasteiger partial charge is 0.246 e. The Bertz CT molecular complexity index is 853. The van der Waals surface area contributed by atoms with E-state index in [9.17, 15) is 4.79 Å². The maximum Gasteiger partial charge on any atom is 0.246 e. The molecule has 156 valence electrons. The summed E-state index contributed by atoms with van der Waals surface area (Å²) in [7, 11) is 1.85. The zero-order chi connectivity index (χ0) is 20.4. The van der Waals surface area contributed by atoms with Gasteiger partial charge in [0.15, 0.2) is 0 Å². The molecule has 0 spiro atoms. The lowest BCUT2D eigenvalue weighted by molar-refractivity contribution is -0.117. The number of piperazine rings is 1. The van der Waals surface area contributed by atoms with Crippen LogP contribution in [-0.2, 0) is 16.6 Å². The molecule has 1 amide bonds. The van der Waals surface area contributed by atoms with E-state index in [2.05, 4.69) is 34.2 Å². The summed E-state index contributed by atoms with van der Waals surface area (Å²) in [5.41, 5.74) is 0.825. The van der Waals surface area contributed by atoms with Crippen molar-refractivity contribution in [3.8, 4) is 0 Å². The molecule has 29 heavy (non-hydrogen) atoms. The first-order chi connectivity index (χ1) is 14.0. The number of anilines is 3. The average Bonchev–Trinajstić information content (AvgIpc) is 3.14. The summed E-state index contributed by atoms with van der Waals surface area (Å²) in [5, 5.41) is 7.69. The zero-order valence-corrected chi connectivity index (χ0v) is 17.3. The molecule has 0 aliphatic carbocycles. The van der Waals surface area contributed by atoms with Gasteiger partial charge in [0.05, 0.1) is 24.0 Å². The van der Waals surface area contributed by atoms with Gasteiger partial charge in [0.2, 0.25) is 11.9 Å². The van der Waals surface area contributed by atoms with Crippen molar-refractivity contribution < 1.29 is 9.53 Å². The quantitative estimate of drug-likeness (QED) is 0.818. The van der Waals surface area contributed by atoms with E-state index < -0.39 is 0 Å². The predicted molar refractivity (Wildman–Crippen MR) is 111 cm³/mol. The molecule has 4 rings (SSSR count). The summed E-state index contributed by atoms with van der Waals surface area (Å²) >= 11 is 0. The second-order valence-electron chi connectivity index (χ2n) is 8.05. The maximum atomic E-state index is 12.7. The molecule has 9 heteroatoms. The van der Waals surface area contributed by atoms with Crippen LogP contribution < -0.4 is 15.1 Å². The minimum absolute atomic E-state index is 0.0202. The Hall–Kier alpha value is -2.68. The molecular formula is C20H29N7O2. The van der Waals surface area contributed by atoms with Crippen LogP contribution in [0.1, 0.15) is 26.7 Å². The Labute approximate surface area is 171 Å². The van der Waals surface area contributed by atoms with Gasteiger partial charge >= 0.3 is 0 Å². The first-order valence-corrected chi connectivity index (χ1v) is 10.3. The highest BCUT2D eigenvalue weighted by Crippen LogP contribution is 2.24. The largest absolute Gasteiger partial charge is 0.376 e. The van der Waals surface area contributed by atoms with Gasteiger partial charge in [-0.15, -0.1) is 0 Å². The molecule has 2 aliphatic heterocycles. The molecule has 2 aliphatic rings. The normalized spacial score (nSPS) is 23.0. The van der Waals surface area contributed by atoms with E-state index in [0.29, 0.717) is 25.0 Å². The fourth-order valence-electron chi connectivity index (χ4n) is 4.05. The molecule has 0 aromatic carbocycles. The Kier molecular flexibility index (Phi) is 5.66. The Balaban J connectivity index is 1.43. The first kappa shape index (κ1) is 19.6. The van der Waals surface area contributed by atoms with Crippen molar-refractivity contribution in [1.29, 1.82) is 0 Å². The Morgan fingerprint density at radius 2 is 2.17 bits per heavy atom. The van der Waals surface area contributed by atoms with Gasteiger partial charge in [0.25, 0.3) is 0 Å². The van der Waals surface area contributed by atoms with Crippen LogP contribution in [0.15, 0.2) is 24.7 Å². The number of nitrogens with zero attached hydrogens (tertiary/aromatic N) is 6. The highest BCUT2D eigenvalue weighted by atomic mass is 16.5. The summed E-state index contributed by atoms with van der Waals surface area (Å²) in [5.74, 6) is 1.81. The maximum absolute atomic E-state index is 12.7. The minimum atomic E-state index is 0.0202. The molecule has 2 aromatic rings. The topological polar surface area (TPSA) is 88.4 Å². The summed E-state index contributed by atoms with van der Waals surface area (Å²) in [4.78, 5) is 25.4. The standard InChI is InChI=1S/C20H29N7O2/c1-14(2)19-16(5-4-10-29-19)23-17-6-7-21-20(24-17)26-8-9-27(18(28)13-26)15-11-22-25(3)12-15/h6-7,11-12,14,16,19H,4-5,8-10,13H2,1-3H3,(H,21,23,24)/t16-,19+/m1/s1. The first-order valence-electron chi connectivity index (χ1n) is 10.3. The molecule has 2 atom stereocenters. The van der Waals surface area contributed by atoms with E-state index >= 15 is 0 Å². The molecule has 0 saturated carbocycles. The van der Waals surface area contributed by atoms with Crippen LogP contribution in [-0.4, -0.2) is 64.0 Å². The van der Waals surface area contributed by atoms with E-state index in [4.69, 9.17) is 4.74 Å². The van der Waals surface area contributed by atoms with Gasteiger partial charge in [0, 0.05) is 39.1 Å². The molecule has 0 bridgehead atoms. The number of aromatic nitrogens is 4. The highest BCUT2D eigenvalue weighted by molar-refractivity contribution is 5.97. The summed E-state index contributed by atoms with van der Waals surface area (Å²) in [6.07, 6.45) is 7.59. The molecule has 2 saturated heterocycles. The average molecular weight is 399 g/mol. The van der Waals surface area contributed by atoms with Crippen molar-refractivity contribution in [2.75, 3.05) is 41.4 Å². The number of amides is 1. The number of ether oxygens (including phenoxy) is 1. The third kappa shape index (κ3) is 4.34. The third-order valence-corrected chi connectivity index (χ3v) is 5.51. The van der Waals surface area contributed by atoms with Gasteiger partial charge in [-0.2, -0.15) is 10.1 Å². The van der Waals surface area contributed by atoms with E-state index in [0.717, 1.165) is 31.0 Å². The highest BCUT2D eigenvalue weighted by Gasteiger charge is 2.30. The number of rotatable bonds is 5. The number of carbonyl (C=O) groups is 1. The van der Waals surface area contributed by atoms with E-state index in [1.807, 2.05) is 24.2 Å². The number of nitrogens with one attached hydrogen (secondary N) is 1. The van der Waals surface area contributed by atoms with E-state index in [-0.39, 0.29) is 24.6 Å². The molecular weight excluding hydrogens is 370 g/mol. The number of aryl methyl sites for hydroxylation is 1. The minimum Gasteiger partial charge on any atom is -0.376 e. The van der Waals surface area contributed by atoms with Crippen molar-refractivity contribution in [2.45, 2.75) is 38.8 Å². The van der Waals surface area contributed by atoms with Crippen LogP contribution in [0.25, 0.3) is 0 Å². The fraction of sp³-hybridized carbons (Fsp3) is 0.600. The summed E-state index contributed by atoms with van der Waals surface area (Å²) < 4.78 is 7.67.